The average Bonchev–Trinajstić information content (AvgIpc) is 2.70. The van der Waals surface area contributed by atoms with E-state index in [1.54, 1.807) is 0 Å². The van der Waals surface area contributed by atoms with Crippen molar-refractivity contribution in [2.75, 3.05) is 7.05 Å². The lowest BCUT2D eigenvalue weighted by molar-refractivity contribution is 0.350. The minimum absolute atomic E-state index is 0.642. The van der Waals surface area contributed by atoms with Gasteiger partial charge in [-0.05, 0) is 30.8 Å². The zero-order valence-electron chi connectivity index (χ0n) is 9.42. The van der Waals surface area contributed by atoms with Crippen LogP contribution in [0.3, 0.4) is 0 Å². The Morgan fingerprint density at radius 3 is 2.50 bits per heavy atom. The molecular weight excluding hydrogens is 190 g/mol. The van der Waals surface area contributed by atoms with Crippen LogP contribution in [-0.2, 0) is 6.42 Å². The molecule has 2 heteroatoms. The molecule has 1 unspecified atom stereocenters. The van der Waals surface area contributed by atoms with Gasteiger partial charge in [0.25, 0.3) is 0 Å². The molecule has 1 aromatic heterocycles. The van der Waals surface area contributed by atoms with Crippen LogP contribution in [0.15, 0.2) is 17.5 Å². The van der Waals surface area contributed by atoms with Crippen molar-refractivity contribution < 1.29 is 0 Å². The highest BCUT2D eigenvalue weighted by atomic mass is 32.1. The molecule has 0 radical (unpaired) electrons. The Hall–Kier alpha value is -0.340. The second kappa shape index (κ2) is 6.20. The van der Waals surface area contributed by atoms with Gasteiger partial charge in [0.2, 0.25) is 0 Å². The van der Waals surface area contributed by atoms with Crippen LogP contribution in [0, 0.1) is 5.92 Å². The number of rotatable bonds is 6. The summed E-state index contributed by atoms with van der Waals surface area (Å²) < 4.78 is 0. The largest absolute Gasteiger partial charge is 0.316 e. The first kappa shape index (κ1) is 11.7. The number of hydrogen-bond donors (Lipinski definition) is 1. The minimum atomic E-state index is 0.642. The van der Waals surface area contributed by atoms with Gasteiger partial charge in [-0.15, -0.1) is 11.3 Å². The van der Waals surface area contributed by atoms with Crippen molar-refractivity contribution >= 4 is 11.3 Å². The third-order valence-electron chi connectivity index (χ3n) is 2.99. The summed E-state index contributed by atoms with van der Waals surface area (Å²) >= 11 is 1.87. The first-order valence-corrected chi connectivity index (χ1v) is 6.39. The number of likely N-dealkylation sites (N-methyl/N-ethyl adjacent to an activating group) is 1. The Bertz CT molecular complexity index is 226. The molecule has 1 atom stereocenters. The highest BCUT2D eigenvalue weighted by Crippen LogP contribution is 2.19. The van der Waals surface area contributed by atoms with E-state index in [0.717, 1.165) is 5.92 Å². The molecule has 0 spiro atoms. The van der Waals surface area contributed by atoms with E-state index >= 15 is 0 Å². The SMILES string of the molecule is CCC(CC)C(Cc1cccs1)NC. The van der Waals surface area contributed by atoms with Gasteiger partial charge in [-0.1, -0.05) is 32.8 Å². The molecule has 1 rings (SSSR count). The second-order valence-corrected chi connectivity index (χ2v) is 4.79. The van der Waals surface area contributed by atoms with E-state index in [9.17, 15) is 0 Å². The minimum Gasteiger partial charge on any atom is -0.316 e. The van der Waals surface area contributed by atoms with Gasteiger partial charge >= 0.3 is 0 Å². The predicted octanol–water partition coefficient (Wildman–Crippen LogP) is 3.31. The fraction of sp³-hybridized carbons (Fsp3) is 0.667. The maximum absolute atomic E-state index is 3.45. The number of nitrogens with one attached hydrogen (secondary N) is 1. The summed E-state index contributed by atoms with van der Waals surface area (Å²) in [6, 6.07) is 5.01. The van der Waals surface area contributed by atoms with Gasteiger partial charge < -0.3 is 5.32 Å². The molecule has 0 fully saturated rings. The van der Waals surface area contributed by atoms with Crippen LogP contribution >= 0.6 is 11.3 Å². The maximum atomic E-state index is 3.45. The van der Waals surface area contributed by atoms with Crippen LogP contribution in [0.4, 0.5) is 0 Å². The van der Waals surface area contributed by atoms with E-state index in [2.05, 4.69) is 43.7 Å². The van der Waals surface area contributed by atoms with Gasteiger partial charge in [0.05, 0.1) is 0 Å². The highest BCUT2D eigenvalue weighted by molar-refractivity contribution is 7.09. The quantitative estimate of drug-likeness (QED) is 0.761. The van der Waals surface area contributed by atoms with E-state index in [4.69, 9.17) is 0 Å². The molecule has 0 aromatic carbocycles. The molecule has 0 saturated carbocycles. The summed E-state index contributed by atoms with van der Waals surface area (Å²) in [6.45, 7) is 4.57. The maximum Gasteiger partial charge on any atom is 0.0140 e. The zero-order chi connectivity index (χ0) is 10.4. The fourth-order valence-corrected chi connectivity index (χ4v) is 2.77. The smallest absolute Gasteiger partial charge is 0.0140 e. The molecule has 1 nitrogen and oxygen atoms in total. The third-order valence-corrected chi connectivity index (χ3v) is 3.89. The number of hydrogen-bond acceptors (Lipinski definition) is 2. The molecule has 0 bridgehead atoms. The Balaban J connectivity index is 2.53. The lowest BCUT2D eigenvalue weighted by atomic mass is 9.91. The van der Waals surface area contributed by atoms with Gasteiger partial charge in [0.1, 0.15) is 0 Å². The standard InChI is InChI=1S/C12H21NS/c1-4-10(5-2)12(13-3)9-11-7-6-8-14-11/h6-8,10,12-13H,4-5,9H2,1-3H3. The molecule has 1 aromatic rings. The first-order chi connectivity index (χ1) is 6.81. The number of thiophene rings is 1. The Kier molecular flexibility index (Phi) is 5.20. The van der Waals surface area contributed by atoms with Crippen LogP contribution in [0.1, 0.15) is 31.6 Å². The molecule has 0 aliphatic heterocycles. The summed E-state index contributed by atoms with van der Waals surface area (Å²) in [5, 5.41) is 5.61. The van der Waals surface area contributed by atoms with Crippen molar-refractivity contribution in [3.8, 4) is 0 Å². The van der Waals surface area contributed by atoms with Gasteiger partial charge in [-0.3, -0.25) is 0 Å². The van der Waals surface area contributed by atoms with Gasteiger partial charge in [0, 0.05) is 10.9 Å². The summed E-state index contributed by atoms with van der Waals surface area (Å²) in [6.07, 6.45) is 3.72. The van der Waals surface area contributed by atoms with Crippen LogP contribution in [0.5, 0.6) is 0 Å². The van der Waals surface area contributed by atoms with E-state index < -0.39 is 0 Å². The van der Waals surface area contributed by atoms with Crippen molar-refractivity contribution in [3.63, 3.8) is 0 Å². The summed E-state index contributed by atoms with van der Waals surface area (Å²) in [5.74, 6) is 0.807. The zero-order valence-corrected chi connectivity index (χ0v) is 10.2. The normalized spacial score (nSPS) is 13.4. The second-order valence-electron chi connectivity index (χ2n) is 3.76. The molecule has 0 amide bonds. The monoisotopic (exact) mass is 211 g/mol. The average molecular weight is 211 g/mol. The van der Waals surface area contributed by atoms with E-state index in [1.165, 1.54) is 24.1 Å². The molecule has 0 saturated heterocycles. The van der Waals surface area contributed by atoms with Crippen molar-refractivity contribution in [2.24, 2.45) is 5.92 Å². The van der Waals surface area contributed by atoms with Crippen LogP contribution in [-0.4, -0.2) is 13.1 Å². The predicted molar refractivity (Wildman–Crippen MR) is 64.9 cm³/mol. The third kappa shape index (κ3) is 3.10. The van der Waals surface area contributed by atoms with Gasteiger partial charge in [0.15, 0.2) is 0 Å². The highest BCUT2D eigenvalue weighted by Gasteiger charge is 2.16. The summed E-state index contributed by atoms with van der Waals surface area (Å²) in [5.41, 5.74) is 0. The Morgan fingerprint density at radius 2 is 2.07 bits per heavy atom. The van der Waals surface area contributed by atoms with E-state index in [-0.39, 0.29) is 0 Å². The summed E-state index contributed by atoms with van der Waals surface area (Å²) in [4.78, 5) is 1.50. The van der Waals surface area contributed by atoms with Crippen molar-refractivity contribution in [1.29, 1.82) is 0 Å². The fourth-order valence-electron chi connectivity index (χ4n) is 2.01. The lowest BCUT2D eigenvalue weighted by Crippen LogP contribution is -2.34. The Labute approximate surface area is 91.5 Å². The molecule has 80 valence electrons. The topological polar surface area (TPSA) is 12.0 Å². The van der Waals surface area contributed by atoms with E-state index in [1.807, 2.05) is 11.3 Å². The van der Waals surface area contributed by atoms with Crippen LogP contribution in [0.25, 0.3) is 0 Å². The first-order valence-electron chi connectivity index (χ1n) is 5.51. The molecule has 14 heavy (non-hydrogen) atoms. The van der Waals surface area contributed by atoms with Crippen molar-refractivity contribution in [3.05, 3.63) is 22.4 Å². The Morgan fingerprint density at radius 1 is 1.36 bits per heavy atom. The van der Waals surface area contributed by atoms with Gasteiger partial charge in [-0.2, -0.15) is 0 Å². The lowest BCUT2D eigenvalue weighted by Gasteiger charge is -2.24. The molecule has 1 heterocycles. The van der Waals surface area contributed by atoms with Crippen molar-refractivity contribution in [1.82, 2.24) is 5.32 Å². The molecular formula is C12H21NS. The van der Waals surface area contributed by atoms with Crippen LogP contribution in [0.2, 0.25) is 0 Å². The molecule has 1 N–H and O–H groups in total. The summed E-state index contributed by atoms with van der Waals surface area (Å²) in [7, 11) is 2.08. The molecule has 0 aliphatic rings. The van der Waals surface area contributed by atoms with Crippen molar-refractivity contribution in [2.45, 2.75) is 39.2 Å². The van der Waals surface area contributed by atoms with Crippen LogP contribution < -0.4 is 5.32 Å². The van der Waals surface area contributed by atoms with E-state index in [0.29, 0.717) is 6.04 Å². The molecule has 0 aliphatic carbocycles. The van der Waals surface area contributed by atoms with Gasteiger partial charge in [-0.25, -0.2) is 0 Å².